The van der Waals surface area contributed by atoms with Crippen LogP contribution in [-0.2, 0) is 0 Å². The maximum atomic E-state index is 6.84. The molecular weight excluding hydrogens is 785 g/mol. The van der Waals surface area contributed by atoms with E-state index in [0.29, 0.717) is 5.89 Å². The lowest BCUT2D eigenvalue weighted by molar-refractivity contribution is 0.621. The van der Waals surface area contributed by atoms with Crippen LogP contribution in [0.15, 0.2) is 235 Å². The molecule has 0 atom stereocenters. The minimum atomic E-state index is 0.613. The van der Waals surface area contributed by atoms with Crippen LogP contribution in [0.5, 0.6) is 0 Å². The molecule has 0 aliphatic heterocycles. The summed E-state index contributed by atoms with van der Waals surface area (Å²) in [6, 6.07) is 82.3. The maximum absolute atomic E-state index is 6.84. The highest BCUT2D eigenvalue weighted by molar-refractivity contribution is 7.26. The molecule has 2 heterocycles. The van der Waals surface area contributed by atoms with Crippen molar-refractivity contribution in [3.8, 4) is 56.0 Å². The third-order valence-corrected chi connectivity index (χ3v) is 13.2. The normalized spacial score (nSPS) is 11.5. The third-order valence-electron chi connectivity index (χ3n) is 12.1. The van der Waals surface area contributed by atoms with E-state index in [9.17, 15) is 0 Å². The number of oxazole rings is 1. The predicted octanol–water partition coefficient (Wildman–Crippen LogP) is 17.2. The van der Waals surface area contributed by atoms with E-state index in [0.717, 1.165) is 61.4 Å². The van der Waals surface area contributed by atoms with E-state index in [2.05, 4.69) is 229 Å². The summed E-state index contributed by atoms with van der Waals surface area (Å²) in [6.07, 6.45) is 0. The molecule has 0 aliphatic rings. The van der Waals surface area contributed by atoms with Gasteiger partial charge in [0.2, 0.25) is 5.89 Å². The van der Waals surface area contributed by atoms with Gasteiger partial charge in [-0.1, -0.05) is 164 Å². The van der Waals surface area contributed by atoms with Gasteiger partial charge in [0.25, 0.3) is 0 Å². The van der Waals surface area contributed by atoms with Crippen molar-refractivity contribution in [1.29, 1.82) is 0 Å². The zero-order valence-corrected chi connectivity index (χ0v) is 35.0. The Bertz CT molecular complexity index is 3590. The fraction of sp³-hybridized carbons (Fsp3) is 0. The number of aromatic nitrogens is 1. The summed E-state index contributed by atoms with van der Waals surface area (Å²) >= 11 is 1.80. The van der Waals surface area contributed by atoms with E-state index in [4.69, 9.17) is 9.40 Å². The molecule has 0 bridgehead atoms. The Balaban J connectivity index is 0.963. The Morgan fingerprint density at radius 1 is 0.365 bits per heavy atom. The van der Waals surface area contributed by atoms with E-state index < -0.39 is 0 Å². The molecule has 12 rings (SSSR count). The standard InChI is InChI=1S/C59H38N2OS/c1-3-12-39(13-4-1)42-22-25-45(26-23-42)59-60-57-56-52-20-9-10-21-54(52)63-55(56)38-53(58(57)62-59)44-30-34-50(35-31-44)61(51-19-11-18-47(37-51)40-14-5-2-6-15-40)49-32-28-43(29-33-49)48-27-24-41-16-7-8-17-46(41)36-48/h1-38H. The summed E-state index contributed by atoms with van der Waals surface area (Å²) in [5.41, 5.74) is 15.0. The van der Waals surface area contributed by atoms with Crippen LogP contribution in [0.25, 0.3) is 98.0 Å². The third kappa shape index (κ3) is 6.74. The molecule has 10 aromatic carbocycles. The van der Waals surface area contributed by atoms with E-state index in [1.54, 1.807) is 11.3 Å². The van der Waals surface area contributed by atoms with Gasteiger partial charge in [-0.25, -0.2) is 4.98 Å². The number of rotatable bonds is 8. The number of nitrogens with zero attached hydrogens (tertiary/aromatic N) is 2. The van der Waals surface area contributed by atoms with Crippen molar-refractivity contribution < 1.29 is 4.42 Å². The molecule has 0 fully saturated rings. The maximum Gasteiger partial charge on any atom is 0.227 e. The van der Waals surface area contributed by atoms with Gasteiger partial charge in [-0.15, -0.1) is 11.3 Å². The molecular formula is C59H38N2OS. The fourth-order valence-electron chi connectivity index (χ4n) is 8.92. The lowest BCUT2D eigenvalue weighted by atomic mass is 10.00. The summed E-state index contributed by atoms with van der Waals surface area (Å²) in [7, 11) is 0. The summed E-state index contributed by atoms with van der Waals surface area (Å²) in [6.45, 7) is 0. The second kappa shape index (κ2) is 15.4. The molecule has 0 saturated heterocycles. The van der Waals surface area contributed by atoms with Gasteiger partial charge in [0.15, 0.2) is 5.58 Å². The molecule has 4 heteroatoms. The minimum Gasteiger partial charge on any atom is -0.435 e. The Kier molecular flexibility index (Phi) is 9.02. The highest BCUT2D eigenvalue weighted by atomic mass is 32.1. The van der Waals surface area contributed by atoms with Crippen LogP contribution in [0.3, 0.4) is 0 Å². The summed E-state index contributed by atoms with van der Waals surface area (Å²) < 4.78 is 9.26. The molecule has 296 valence electrons. The number of benzene rings is 10. The molecule has 3 nitrogen and oxygen atoms in total. The second-order valence-corrected chi connectivity index (χ2v) is 17.0. The highest BCUT2D eigenvalue weighted by Crippen LogP contribution is 2.45. The fourth-order valence-corrected chi connectivity index (χ4v) is 10.1. The van der Waals surface area contributed by atoms with Crippen molar-refractivity contribution in [2.24, 2.45) is 0 Å². The first-order valence-electron chi connectivity index (χ1n) is 21.3. The molecule has 2 aromatic heterocycles. The first-order chi connectivity index (χ1) is 31.2. The van der Waals surface area contributed by atoms with Crippen molar-refractivity contribution >= 4 is 70.4 Å². The van der Waals surface area contributed by atoms with Gasteiger partial charge in [0.05, 0.1) is 0 Å². The molecule has 0 saturated carbocycles. The number of fused-ring (bicyclic) bond motifs is 6. The topological polar surface area (TPSA) is 29.3 Å². The summed E-state index contributed by atoms with van der Waals surface area (Å²) in [4.78, 5) is 7.60. The van der Waals surface area contributed by atoms with Gasteiger partial charge in [0, 0.05) is 48.4 Å². The lowest BCUT2D eigenvalue weighted by Crippen LogP contribution is -2.10. The van der Waals surface area contributed by atoms with Crippen LogP contribution < -0.4 is 4.90 Å². The Morgan fingerprint density at radius 2 is 0.905 bits per heavy atom. The van der Waals surface area contributed by atoms with E-state index in [1.165, 1.54) is 47.8 Å². The van der Waals surface area contributed by atoms with Crippen molar-refractivity contribution in [3.05, 3.63) is 231 Å². The summed E-state index contributed by atoms with van der Waals surface area (Å²) in [5.74, 6) is 0.613. The number of hydrogen-bond acceptors (Lipinski definition) is 4. The lowest BCUT2D eigenvalue weighted by Gasteiger charge is -2.26. The van der Waals surface area contributed by atoms with Gasteiger partial charge in [-0.2, -0.15) is 0 Å². The van der Waals surface area contributed by atoms with Crippen LogP contribution in [0.1, 0.15) is 0 Å². The monoisotopic (exact) mass is 822 g/mol. The van der Waals surface area contributed by atoms with Crippen LogP contribution in [-0.4, -0.2) is 4.98 Å². The van der Waals surface area contributed by atoms with Gasteiger partial charge in [-0.3, -0.25) is 0 Å². The highest BCUT2D eigenvalue weighted by Gasteiger charge is 2.21. The van der Waals surface area contributed by atoms with E-state index in [1.807, 2.05) is 6.07 Å². The molecule has 0 N–H and O–H groups in total. The van der Waals surface area contributed by atoms with Crippen LogP contribution >= 0.6 is 11.3 Å². The quantitative estimate of drug-likeness (QED) is 0.153. The van der Waals surface area contributed by atoms with E-state index >= 15 is 0 Å². The zero-order valence-electron chi connectivity index (χ0n) is 34.2. The summed E-state index contributed by atoms with van der Waals surface area (Å²) in [5, 5.41) is 4.82. The number of hydrogen-bond donors (Lipinski definition) is 0. The first-order valence-corrected chi connectivity index (χ1v) is 22.1. The van der Waals surface area contributed by atoms with Crippen LogP contribution in [0.4, 0.5) is 17.1 Å². The second-order valence-electron chi connectivity index (χ2n) is 15.9. The van der Waals surface area contributed by atoms with Crippen molar-refractivity contribution in [1.82, 2.24) is 4.98 Å². The molecule has 0 spiro atoms. The molecule has 0 amide bonds. The molecule has 0 unspecified atom stereocenters. The largest absolute Gasteiger partial charge is 0.435 e. The molecule has 0 radical (unpaired) electrons. The van der Waals surface area contributed by atoms with Crippen molar-refractivity contribution in [2.75, 3.05) is 4.90 Å². The zero-order chi connectivity index (χ0) is 41.7. The Labute approximate surface area is 369 Å². The average Bonchev–Trinajstić information content (AvgIpc) is 3.97. The minimum absolute atomic E-state index is 0.613. The SMILES string of the molecule is c1ccc(-c2ccc(-c3nc4c(o3)c(-c3ccc(N(c5ccc(-c6ccc7ccccc7c6)cc5)c5cccc(-c6ccccc6)c5)cc3)cc3sc5ccccc5c34)cc2)cc1. The molecule has 63 heavy (non-hydrogen) atoms. The predicted molar refractivity (Wildman–Crippen MR) is 266 cm³/mol. The average molecular weight is 823 g/mol. The van der Waals surface area contributed by atoms with Gasteiger partial charge in [0.1, 0.15) is 5.52 Å². The van der Waals surface area contributed by atoms with Crippen molar-refractivity contribution in [3.63, 3.8) is 0 Å². The van der Waals surface area contributed by atoms with E-state index in [-0.39, 0.29) is 0 Å². The van der Waals surface area contributed by atoms with Gasteiger partial charge >= 0.3 is 0 Å². The number of anilines is 3. The Hall–Kier alpha value is -8.05. The van der Waals surface area contributed by atoms with Gasteiger partial charge in [-0.05, 0) is 116 Å². The Morgan fingerprint density at radius 3 is 1.65 bits per heavy atom. The molecule has 12 aromatic rings. The first kappa shape index (κ1) is 36.8. The van der Waals surface area contributed by atoms with Gasteiger partial charge < -0.3 is 9.32 Å². The van der Waals surface area contributed by atoms with Crippen LogP contribution in [0.2, 0.25) is 0 Å². The smallest absolute Gasteiger partial charge is 0.227 e. The molecule has 0 aliphatic carbocycles. The number of thiophene rings is 1. The van der Waals surface area contributed by atoms with Crippen LogP contribution in [0, 0.1) is 0 Å². The van der Waals surface area contributed by atoms with Crippen molar-refractivity contribution in [2.45, 2.75) is 0 Å².